The number of carbonyl (C=O) groups excluding carboxylic acids is 1. The number of hydrogen-bond acceptors (Lipinski definition) is 4. The van der Waals surface area contributed by atoms with Crippen molar-refractivity contribution in [3.8, 4) is 11.6 Å². The van der Waals surface area contributed by atoms with Gasteiger partial charge in [0, 0.05) is 25.2 Å². The molecule has 1 amide bonds. The van der Waals surface area contributed by atoms with Crippen molar-refractivity contribution in [3.05, 3.63) is 54.2 Å². The number of amides is 1. The van der Waals surface area contributed by atoms with Crippen LogP contribution in [-0.4, -0.2) is 41.6 Å². The fourth-order valence-electron chi connectivity index (χ4n) is 2.59. The third-order valence-electron chi connectivity index (χ3n) is 3.87. The topological polar surface area (TPSA) is 51.7 Å². The van der Waals surface area contributed by atoms with E-state index in [0.29, 0.717) is 19.0 Å². The van der Waals surface area contributed by atoms with Gasteiger partial charge in [-0.1, -0.05) is 24.3 Å². The molecule has 23 heavy (non-hydrogen) atoms. The predicted molar refractivity (Wildman–Crippen MR) is 86.5 cm³/mol. The average Bonchev–Trinajstić information content (AvgIpc) is 3.03. The first-order valence-electron chi connectivity index (χ1n) is 7.76. The monoisotopic (exact) mass is 312 g/mol. The van der Waals surface area contributed by atoms with Crippen LogP contribution in [0.25, 0.3) is 0 Å². The van der Waals surface area contributed by atoms with Crippen molar-refractivity contribution in [1.82, 2.24) is 9.88 Å². The number of carbonyl (C=O) groups is 1. The van der Waals surface area contributed by atoms with Crippen molar-refractivity contribution in [2.45, 2.75) is 19.4 Å². The molecule has 0 saturated carbocycles. The third kappa shape index (κ3) is 4.00. The standard InChI is InChI=1S/C18H20N2O3/c1-14-6-2-3-7-16(14)22-13-18(21)20-11-9-15(12-20)23-17-8-4-5-10-19-17/h2-8,10,15H,9,11-13H2,1H3. The highest BCUT2D eigenvalue weighted by molar-refractivity contribution is 5.78. The molecular formula is C18H20N2O3. The second-order valence-corrected chi connectivity index (χ2v) is 5.59. The highest BCUT2D eigenvalue weighted by atomic mass is 16.5. The molecule has 0 N–H and O–H groups in total. The van der Waals surface area contributed by atoms with Gasteiger partial charge in [0.25, 0.3) is 5.91 Å². The lowest BCUT2D eigenvalue weighted by molar-refractivity contribution is -0.132. The molecule has 3 rings (SSSR count). The number of rotatable bonds is 5. The van der Waals surface area contributed by atoms with Crippen LogP contribution in [0.1, 0.15) is 12.0 Å². The maximum atomic E-state index is 12.3. The van der Waals surface area contributed by atoms with Crippen molar-refractivity contribution >= 4 is 5.91 Å². The smallest absolute Gasteiger partial charge is 0.260 e. The third-order valence-corrected chi connectivity index (χ3v) is 3.87. The first-order chi connectivity index (χ1) is 11.2. The van der Waals surface area contributed by atoms with Crippen LogP contribution in [0, 0.1) is 6.92 Å². The molecule has 1 atom stereocenters. The highest BCUT2D eigenvalue weighted by Gasteiger charge is 2.28. The average molecular weight is 312 g/mol. The van der Waals surface area contributed by atoms with Gasteiger partial charge in [-0.05, 0) is 24.6 Å². The van der Waals surface area contributed by atoms with Gasteiger partial charge in [0.15, 0.2) is 6.61 Å². The molecule has 2 aromatic rings. The number of likely N-dealkylation sites (tertiary alicyclic amines) is 1. The summed E-state index contributed by atoms with van der Waals surface area (Å²) in [7, 11) is 0. The Kier molecular flexibility index (Phi) is 4.76. The Balaban J connectivity index is 1.49. The maximum absolute atomic E-state index is 12.3. The van der Waals surface area contributed by atoms with Gasteiger partial charge in [0.05, 0.1) is 6.54 Å². The van der Waals surface area contributed by atoms with Crippen LogP contribution in [0.5, 0.6) is 11.6 Å². The number of para-hydroxylation sites is 1. The minimum atomic E-state index is -0.0135. The molecule has 2 heterocycles. The van der Waals surface area contributed by atoms with E-state index >= 15 is 0 Å². The number of benzene rings is 1. The van der Waals surface area contributed by atoms with Crippen molar-refractivity contribution in [3.63, 3.8) is 0 Å². The molecule has 1 aliphatic rings. The van der Waals surface area contributed by atoms with Crippen LogP contribution in [0.3, 0.4) is 0 Å². The van der Waals surface area contributed by atoms with Crippen molar-refractivity contribution < 1.29 is 14.3 Å². The largest absolute Gasteiger partial charge is 0.484 e. The van der Waals surface area contributed by atoms with E-state index < -0.39 is 0 Å². The van der Waals surface area contributed by atoms with E-state index in [2.05, 4.69) is 4.98 Å². The molecule has 0 aliphatic carbocycles. The Morgan fingerprint density at radius 1 is 1.26 bits per heavy atom. The SMILES string of the molecule is Cc1ccccc1OCC(=O)N1CCC(Oc2ccccn2)C1. The minimum absolute atomic E-state index is 0.00712. The Morgan fingerprint density at radius 2 is 2.09 bits per heavy atom. The highest BCUT2D eigenvalue weighted by Crippen LogP contribution is 2.18. The Morgan fingerprint density at radius 3 is 2.87 bits per heavy atom. The van der Waals surface area contributed by atoms with Gasteiger partial charge >= 0.3 is 0 Å². The van der Waals surface area contributed by atoms with Gasteiger partial charge in [-0.15, -0.1) is 0 Å². The lowest BCUT2D eigenvalue weighted by atomic mass is 10.2. The number of nitrogens with zero attached hydrogens (tertiary/aromatic N) is 2. The molecule has 1 aromatic carbocycles. The van der Waals surface area contributed by atoms with E-state index in [1.807, 2.05) is 49.4 Å². The number of pyridine rings is 1. The van der Waals surface area contributed by atoms with Gasteiger partial charge in [0.1, 0.15) is 11.9 Å². The summed E-state index contributed by atoms with van der Waals surface area (Å²) < 4.78 is 11.4. The molecule has 5 nitrogen and oxygen atoms in total. The quantitative estimate of drug-likeness (QED) is 0.851. The zero-order chi connectivity index (χ0) is 16.1. The fraction of sp³-hybridized carbons (Fsp3) is 0.333. The molecule has 120 valence electrons. The van der Waals surface area contributed by atoms with Crippen LogP contribution < -0.4 is 9.47 Å². The lowest BCUT2D eigenvalue weighted by Crippen LogP contribution is -2.34. The first-order valence-corrected chi connectivity index (χ1v) is 7.76. The normalized spacial score (nSPS) is 17.1. The van der Waals surface area contributed by atoms with Crippen molar-refractivity contribution in [2.75, 3.05) is 19.7 Å². The number of aromatic nitrogens is 1. The predicted octanol–water partition coefficient (Wildman–Crippen LogP) is 2.45. The van der Waals surface area contributed by atoms with E-state index in [9.17, 15) is 4.79 Å². The maximum Gasteiger partial charge on any atom is 0.260 e. The van der Waals surface area contributed by atoms with E-state index in [-0.39, 0.29) is 18.6 Å². The summed E-state index contributed by atoms with van der Waals surface area (Å²) in [5.41, 5.74) is 1.03. The van der Waals surface area contributed by atoms with Gasteiger partial charge in [0.2, 0.25) is 5.88 Å². The molecule has 1 aliphatic heterocycles. The molecule has 0 bridgehead atoms. The molecule has 1 aromatic heterocycles. The summed E-state index contributed by atoms with van der Waals surface area (Å²) in [6.45, 7) is 3.29. The van der Waals surface area contributed by atoms with Crippen molar-refractivity contribution in [1.29, 1.82) is 0 Å². The lowest BCUT2D eigenvalue weighted by Gasteiger charge is -2.17. The van der Waals surface area contributed by atoms with Crippen LogP contribution in [0.2, 0.25) is 0 Å². The Labute approximate surface area is 135 Å². The van der Waals surface area contributed by atoms with Gasteiger partial charge in [-0.3, -0.25) is 4.79 Å². The minimum Gasteiger partial charge on any atom is -0.484 e. The summed E-state index contributed by atoms with van der Waals surface area (Å²) in [6.07, 6.45) is 2.50. The number of hydrogen-bond donors (Lipinski definition) is 0. The molecule has 1 unspecified atom stereocenters. The molecule has 0 spiro atoms. The van der Waals surface area contributed by atoms with Gasteiger partial charge in [-0.2, -0.15) is 0 Å². The van der Waals surface area contributed by atoms with Gasteiger partial charge in [-0.25, -0.2) is 4.98 Å². The summed E-state index contributed by atoms with van der Waals surface area (Å²) in [4.78, 5) is 18.2. The first kappa shape index (κ1) is 15.3. The van der Waals surface area contributed by atoms with Gasteiger partial charge < -0.3 is 14.4 Å². The Hall–Kier alpha value is -2.56. The van der Waals surface area contributed by atoms with E-state index in [1.54, 1.807) is 11.1 Å². The van der Waals surface area contributed by atoms with E-state index in [1.165, 1.54) is 0 Å². The summed E-state index contributed by atoms with van der Waals surface area (Å²) in [6, 6.07) is 13.2. The Bertz CT molecular complexity index is 660. The van der Waals surface area contributed by atoms with E-state index in [4.69, 9.17) is 9.47 Å². The molecule has 0 radical (unpaired) electrons. The second-order valence-electron chi connectivity index (χ2n) is 5.59. The second kappa shape index (κ2) is 7.13. The summed E-state index contributed by atoms with van der Waals surface area (Å²) in [5.74, 6) is 1.34. The summed E-state index contributed by atoms with van der Waals surface area (Å²) in [5, 5.41) is 0. The van der Waals surface area contributed by atoms with Crippen LogP contribution in [-0.2, 0) is 4.79 Å². The van der Waals surface area contributed by atoms with Crippen LogP contribution >= 0.6 is 0 Å². The number of aryl methyl sites for hydroxylation is 1. The fourth-order valence-corrected chi connectivity index (χ4v) is 2.59. The number of ether oxygens (including phenoxy) is 2. The zero-order valence-corrected chi connectivity index (χ0v) is 13.1. The molecule has 1 saturated heterocycles. The van der Waals surface area contributed by atoms with Crippen LogP contribution in [0.4, 0.5) is 0 Å². The molecular weight excluding hydrogens is 292 g/mol. The summed E-state index contributed by atoms with van der Waals surface area (Å²) >= 11 is 0. The zero-order valence-electron chi connectivity index (χ0n) is 13.1. The molecule has 1 fully saturated rings. The van der Waals surface area contributed by atoms with Crippen LogP contribution in [0.15, 0.2) is 48.7 Å². The molecule has 5 heteroatoms. The van der Waals surface area contributed by atoms with Crippen molar-refractivity contribution in [2.24, 2.45) is 0 Å². The van der Waals surface area contributed by atoms with E-state index in [0.717, 1.165) is 17.7 Å².